The van der Waals surface area contributed by atoms with Crippen LogP contribution in [0.4, 0.5) is 0 Å². The van der Waals surface area contributed by atoms with Crippen LogP contribution < -0.4 is 9.47 Å². The van der Waals surface area contributed by atoms with E-state index in [9.17, 15) is 40.9 Å². The van der Waals surface area contributed by atoms with E-state index in [1.807, 2.05) is 0 Å². The number of hydrogen-bond acceptors (Lipinski definition) is 12. The zero-order valence-corrected chi connectivity index (χ0v) is 15.7. The van der Waals surface area contributed by atoms with Crippen LogP contribution in [0.5, 0.6) is 11.5 Å². The predicted octanol–water partition coefficient (Wildman–Crippen LogP) is -3.96. The van der Waals surface area contributed by atoms with E-state index in [1.165, 1.54) is 24.3 Å². The van der Waals surface area contributed by atoms with Gasteiger partial charge in [0.2, 0.25) is 12.6 Å². The zero-order valence-electron chi connectivity index (χ0n) is 15.7. The first kappa shape index (κ1) is 23.1. The second-order valence-electron chi connectivity index (χ2n) is 7.11. The van der Waals surface area contributed by atoms with Crippen LogP contribution in [-0.4, -0.2) is 115 Å². The summed E-state index contributed by atoms with van der Waals surface area (Å²) in [6.07, 6.45) is -14.5. The van der Waals surface area contributed by atoms with Gasteiger partial charge in [-0.3, -0.25) is 0 Å². The van der Waals surface area contributed by atoms with Crippen LogP contribution in [0.3, 0.4) is 0 Å². The summed E-state index contributed by atoms with van der Waals surface area (Å²) in [7, 11) is 0. The average Bonchev–Trinajstić information content (AvgIpc) is 2.74. The van der Waals surface area contributed by atoms with Crippen molar-refractivity contribution in [2.45, 2.75) is 61.4 Å². The Labute approximate surface area is 171 Å². The van der Waals surface area contributed by atoms with Crippen LogP contribution in [0.15, 0.2) is 24.3 Å². The van der Waals surface area contributed by atoms with Gasteiger partial charge in [0.1, 0.15) is 60.3 Å². The highest BCUT2D eigenvalue weighted by atomic mass is 16.7. The minimum Gasteiger partial charge on any atom is -0.462 e. The van der Waals surface area contributed by atoms with Gasteiger partial charge < -0.3 is 59.8 Å². The monoisotopic (exact) mass is 434 g/mol. The third-order valence-electron chi connectivity index (χ3n) is 5.01. The molecule has 2 aliphatic rings. The normalized spacial score (nSPS) is 42.0. The average molecular weight is 434 g/mol. The maximum atomic E-state index is 10.1. The Balaban J connectivity index is 1.69. The van der Waals surface area contributed by atoms with E-state index >= 15 is 0 Å². The number of hydrogen-bond donors (Lipinski definition) is 8. The molecule has 8 N–H and O–H groups in total. The summed E-state index contributed by atoms with van der Waals surface area (Å²) in [6, 6.07) is 5.78. The minimum atomic E-state index is -1.60. The number of aliphatic hydroxyl groups excluding tert-OH is 8. The SMILES string of the molecule is OCC1O[C@@H](Oc2cccc(O[C@@H]3OC(CO)[C@@H](O)[C@H](O)C3O)c2)C(O)C(O)[C@@H]1O. The molecule has 12 nitrogen and oxygen atoms in total. The van der Waals surface area contributed by atoms with Gasteiger partial charge in [-0.25, -0.2) is 0 Å². The summed E-state index contributed by atoms with van der Waals surface area (Å²) < 4.78 is 21.5. The Morgan fingerprint density at radius 2 is 1.03 bits per heavy atom. The van der Waals surface area contributed by atoms with Crippen LogP contribution >= 0.6 is 0 Å². The first-order chi connectivity index (χ1) is 14.3. The summed E-state index contributed by atoms with van der Waals surface area (Å²) in [5.74, 6) is 0.225. The van der Waals surface area contributed by atoms with Crippen LogP contribution in [0, 0.1) is 0 Å². The lowest BCUT2D eigenvalue weighted by Crippen LogP contribution is -2.60. The lowest BCUT2D eigenvalue weighted by atomic mass is 9.99. The van der Waals surface area contributed by atoms with Crippen molar-refractivity contribution in [3.63, 3.8) is 0 Å². The lowest BCUT2D eigenvalue weighted by Gasteiger charge is -2.40. The van der Waals surface area contributed by atoms with Gasteiger partial charge in [-0.15, -0.1) is 0 Å². The topological polar surface area (TPSA) is 199 Å². The van der Waals surface area contributed by atoms with E-state index in [2.05, 4.69) is 0 Å². The van der Waals surface area contributed by atoms with Crippen molar-refractivity contribution in [1.82, 2.24) is 0 Å². The third kappa shape index (κ3) is 4.68. The van der Waals surface area contributed by atoms with Gasteiger partial charge in [-0.1, -0.05) is 6.07 Å². The molecular formula is C18H26O12. The van der Waals surface area contributed by atoms with Gasteiger partial charge in [-0.2, -0.15) is 0 Å². The standard InChI is InChI=1S/C18H26O12/c19-5-9-11(21)13(23)15(25)17(29-9)27-7-2-1-3-8(4-7)28-18-16(26)14(24)12(22)10(6-20)30-18/h1-4,9-26H,5-6H2/t9?,10?,11-,12-,13+,14?,15?,16?,17-,18-/m1/s1. The molecule has 0 saturated carbocycles. The third-order valence-corrected chi connectivity index (χ3v) is 5.01. The van der Waals surface area contributed by atoms with E-state index in [4.69, 9.17) is 18.9 Å². The fourth-order valence-electron chi connectivity index (χ4n) is 3.22. The van der Waals surface area contributed by atoms with E-state index in [0.717, 1.165) is 0 Å². The van der Waals surface area contributed by atoms with Crippen molar-refractivity contribution < 1.29 is 59.8 Å². The van der Waals surface area contributed by atoms with Gasteiger partial charge in [0.25, 0.3) is 0 Å². The fraction of sp³-hybridized carbons (Fsp3) is 0.667. The Morgan fingerprint density at radius 1 is 0.633 bits per heavy atom. The summed E-state index contributed by atoms with van der Waals surface area (Å²) >= 11 is 0. The van der Waals surface area contributed by atoms with Crippen LogP contribution in [0.1, 0.15) is 0 Å². The molecule has 2 heterocycles. The predicted molar refractivity (Wildman–Crippen MR) is 95.2 cm³/mol. The molecule has 2 fully saturated rings. The molecule has 0 spiro atoms. The molecule has 3 rings (SSSR count). The molecule has 170 valence electrons. The summed E-state index contributed by atoms with van der Waals surface area (Å²) in [4.78, 5) is 0. The Morgan fingerprint density at radius 3 is 1.40 bits per heavy atom. The molecule has 0 aliphatic carbocycles. The molecule has 10 atom stereocenters. The van der Waals surface area contributed by atoms with Crippen molar-refractivity contribution in [3.05, 3.63) is 24.3 Å². The molecule has 30 heavy (non-hydrogen) atoms. The van der Waals surface area contributed by atoms with Crippen molar-refractivity contribution in [3.8, 4) is 11.5 Å². The maximum Gasteiger partial charge on any atom is 0.229 e. The Bertz CT molecular complexity index is 632. The largest absolute Gasteiger partial charge is 0.462 e. The molecule has 2 aliphatic heterocycles. The summed E-state index contributed by atoms with van der Waals surface area (Å²) in [5, 5.41) is 77.9. The van der Waals surface area contributed by atoms with Crippen molar-refractivity contribution in [1.29, 1.82) is 0 Å². The second-order valence-corrected chi connectivity index (χ2v) is 7.11. The first-order valence-electron chi connectivity index (χ1n) is 9.31. The number of ether oxygens (including phenoxy) is 4. The van der Waals surface area contributed by atoms with Crippen LogP contribution in [0.2, 0.25) is 0 Å². The molecular weight excluding hydrogens is 408 g/mol. The van der Waals surface area contributed by atoms with Crippen LogP contribution in [0.25, 0.3) is 0 Å². The maximum absolute atomic E-state index is 10.1. The molecule has 0 amide bonds. The smallest absolute Gasteiger partial charge is 0.229 e. The van der Waals surface area contributed by atoms with E-state index in [-0.39, 0.29) is 11.5 Å². The molecule has 2 saturated heterocycles. The van der Waals surface area contributed by atoms with Gasteiger partial charge >= 0.3 is 0 Å². The zero-order chi connectivity index (χ0) is 22.0. The Kier molecular flexibility index (Phi) is 7.47. The molecule has 0 bridgehead atoms. The van der Waals surface area contributed by atoms with Crippen molar-refractivity contribution in [2.75, 3.05) is 13.2 Å². The highest BCUT2D eigenvalue weighted by Gasteiger charge is 2.46. The lowest BCUT2D eigenvalue weighted by molar-refractivity contribution is -0.278. The van der Waals surface area contributed by atoms with E-state index in [1.54, 1.807) is 0 Å². The molecule has 1 aromatic carbocycles. The summed E-state index contributed by atoms with van der Waals surface area (Å²) in [5.41, 5.74) is 0. The van der Waals surface area contributed by atoms with Gasteiger partial charge in [0.05, 0.1) is 13.2 Å². The summed E-state index contributed by atoms with van der Waals surface area (Å²) in [6.45, 7) is -1.21. The van der Waals surface area contributed by atoms with E-state index < -0.39 is 74.6 Å². The van der Waals surface area contributed by atoms with Gasteiger partial charge in [0.15, 0.2) is 0 Å². The number of aliphatic hydroxyl groups is 8. The Hall–Kier alpha value is -1.58. The highest BCUT2D eigenvalue weighted by Crippen LogP contribution is 2.29. The molecule has 12 heteroatoms. The minimum absolute atomic E-state index is 0.112. The van der Waals surface area contributed by atoms with E-state index in [0.29, 0.717) is 0 Å². The van der Waals surface area contributed by atoms with Crippen molar-refractivity contribution >= 4 is 0 Å². The first-order valence-corrected chi connectivity index (χ1v) is 9.31. The molecule has 1 aromatic rings. The quantitative estimate of drug-likeness (QED) is 0.216. The number of rotatable bonds is 6. The number of benzene rings is 1. The fourth-order valence-corrected chi connectivity index (χ4v) is 3.22. The van der Waals surface area contributed by atoms with Gasteiger partial charge in [0, 0.05) is 6.07 Å². The highest BCUT2D eigenvalue weighted by molar-refractivity contribution is 5.33. The molecule has 0 radical (unpaired) electrons. The molecule has 5 unspecified atom stereocenters. The second kappa shape index (κ2) is 9.70. The van der Waals surface area contributed by atoms with Crippen LogP contribution in [-0.2, 0) is 9.47 Å². The molecule has 0 aromatic heterocycles. The van der Waals surface area contributed by atoms with Crippen molar-refractivity contribution in [2.24, 2.45) is 0 Å². The van der Waals surface area contributed by atoms with Gasteiger partial charge in [-0.05, 0) is 12.1 Å².